The molecule has 2 aromatic rings. The van der Waals surface area contributed by atoms with Crippen LogP contribution in [0.25, 0.3) is 22.9 Å². The summed E-state index contributed by atoms with van der Waals surface area (Å²) in [6.45, 7) is 16.5. The topological polar surface area (TPSA) is 0 Å². The third-order valence-electron chi connectivity index (χ3n) is 4.07. The van der Waals surface area contributed by atoms with E-state index < -0.39 is 0 Å². The Balaban J connectivity index is 2.86. The van der Waals surface area contributed by atoms with E-state index in [9.17, 15) is 0 Å². The summed E-state index contributed by atoms with van der Waals surface area (Å²) in [5, 5.41) is 2.60. The second-order valence-corrected chi connectivity index (χ2v) is 5.48. The van der Waals surface area contributed by atoms with Crippen LogP contribution in [0.4, 0.5) is 0 Å². The van der Waals surface area contributed by atoms with Crippen molar-refractivity contribution in [1.82, 2.24) is 0 Å². The molecule has 0 spiro atoms. The Morgan fingerprint density at radius 3 is 2.25 bits per heavy atom. The van der Waals surface area contributed by atoms with Crippen LogP contribution in [0.15, 0.2) is 48.6 Å². The molecule has 2 aromatic carbocycles. The van der Waals surface area contributed by atoms with Gasteiger partial charge in [-0.2, -0.15) is 0 Å². The average molecular weight is 262 g/mol. The standard InChI is InChI=1S/C20H22/c1-7-17-9-11-18-16(6)14(4)8-10-19(18)20(17)12-15(5)13(2)3/h7-12H,1-2H2,3-6H3/b15-12-. The van der Waals surface area contributed by atoms with E-state index in [1.807, 2.05) is 13.0 Å². The minimum Gasteiger partial charge on any atom is -0.0984 e. The zero-order chi connectivity index (χ0) is 14.9. The maximum absolute atomic E-state index is 4.02. The van der Waals surface area contributed by atoms with Crippen LogP contribution < -0.4 is 0 Å². The van der Waals surface area contributed by atoms with Gasteiger partial charge in [0, 0.05) is 0 Å². The van der Waals surface area contributed by atoms with Gasteiger partial charge in [0.15, 0.2) is 0 Å². The van der Waals surface area contributed by atoms with Crippen LogP contribution in [0.3, 0.4) is 0 Å². The molecule has 0 aliphatic carbocycles. The molecule has 0 heterocycles. The summed E-state index contributed by atoms with van der Waals surface area (Å²) in [5.74, 6) is 0. The van der Waals surface area contributed by atoms with E-state index in [2.05, 4.69) is 64.3 Å². The van der Waals surface area contributed by atoms with Crippen molar-refractivity contribution in [2.24, 2.45) is 0 Å². The van der Waals surface area contributed by atoms with Gasteiger partial charge in [-0.1, -0.05) is 55.1 Å². The van der Waals surface area contributed by atoms with Crippen molar-refractivity contribution < 1.29 is 0 Å². The lowest BCUT2D eigenvalue weighted by molar-refractivity contribution is 1.37. The molecule has 0 bridgehead atoms. The Kier molecular flexibility index (Phi) is 3.94. The maximum atomic E-state index is 4.02. The molecule has 0 N–H and O–H groups in total. The zero-order valence-electron chi connectivity index (χ0n) is 12.9. The van der Waals surface area contributed by atoms with E-state index >= 15 is 0 Å². The molecule has 2 rings (SSSR count). The monoisotopic (exact) mass is 262 g/mol. The molecule has 0 aliphatic heterocycles. The summed E-state index contributed by atoms with van der Waals surface area (Å²) in [6.07, 6.45) is 4.14. The van der Waals surface area contributed by atoms with Crippen LogP contribution >= 0.6 is 0 Å². The predicted octanol–water partition coefficient (Wildman–Crippen LogP) is 6.08. The molecule has 0 unspecified atom stereocenters. The van der Waals surface area contributed by atoms with Crippen LogP contribution in [-0.2, 0) is 0 Å². The van der Waals surface area contributed by atoms with Crippen LogP contribution in [0.1, 0.15) is 36.1 Å². The van der Waals surface area contributed by atoms with E-state index in [0.29, 0.717) is 0 Å². The van der Waals surface area contributed by atoms with Crippen molar-refractivity contribution in [2.75, 3.05) is 0 Å². The second kappa shape index (κ2) is 5.50. The minimum atomic E-state index is 1.10. The lowest BCUT2D eigenvalue weighted by Gasteiger charge is -2.12. The van der Waals surface area contributed by atoms with Crippen molar-refractivity contribution in [1.29, 1.82) is 0 Å². The van der Waals surface area contributed by atoms with Gasteiger partial charge in [0.05, 0.1) is 0 Å². The molecule has 20 heavy (non-hydrogen) atoms. The van der Waals surface area contributed by atoms with E-state index in [-0.39, 0.29) is 0 Å². The van der Waals surface area contributed by atoms with Gasteiger partial charge in [-0.25, -0.2) is 0 Å². The fourth-order valence-electron chi connectivity index (χ4n) is 2.38. The third-order valence-corrected chi connectivity index (χ3v) is 4.07. The van der Waals surface area contributed by atoms with E-state index in [0.717, 1.165) is 5.57 Å². The molecule has 0 saturated heterocycles. The first-order valence-electron chi connectivity index (χ1n) is 6.95. The first-order valence-corrected chi connectivity index (χ1v) is 6.95. The SMILES string of the molecule is C=Cc1ccc2c(C)c(C)ccc2c1/C=C(/C)C(=C)C. The Hall–Kier alpha value is -2.08. The maximum Gasteiger partial charge on any atom is -0.0102 e. The summed E-state index contributed by atoms with van der Waals surface area (Å²) in [5.41, 5.74) is 7.39. The largest absolute Gasteiger partial charge is 0.0984 e. The van der Waals surface area contributed by atoms with Crippen LogP contribution in [-0.4, -0.2) is 0 Å². The molecular formula is C20H22. The van der Waals surface area contributed by atoms with Gasteiger partial charge in [0.25, 0.3) is 0 Å². The van der Waals surface area contributed by atoms with Gasteiger partial charge in [0.2, 0.25) is 0 Å². The number of hydrogen-bond acceptors (Lipinski definition) is 0. The van der Waals surface area contributed by atoms with Gasteiger partial charge in [-0.05, 0) is 66.3 Å². The molecule has 0 atom stereocenters. The molecule has 0 saturated carbocycles. The quantitative estimate of drug-likeness (QED) is 0.588. The summed E-state index contributed by atoms with van der Waals surface area (Å²) in [7, 11) is 0. The molecular weight excluding hydrogens is 240 g/mol. The highest BCUT2D eigenvalue weighted by molar-refractivity contribution is 5.96. The molecule has 0 nitrogen and oxygen atoms in total. The van der Waals surface area contributed by atoms with E-state index in [1.54, 1.807) is 0 Å². The Bertz CT molecular complexity index is 727. The van der Waals surface area contributed by atoms with E-state index in [1.165, 1.54) is 38.6 Å². The normalized spacial score (nSPS) is 11.7. The number of allylic oxidation sites excluding steroid dienone is 2. The Labute approximate surface area is 122 Å². The predicted molar refractivity (Wildman–Crippen MR) is 92.0 cm³/mol. The van der Waals surface area contributed by atoms with Crippen LogP contribution in [0, 0.1) is 13.8 Å². The first kappa shape index (κ1) is 14.3. The number of benzene rings is 2. The van der Waals surface area contributed by atoms with Crippen molar-refractivity contribution in [2.45, 2.75) is 27.7 Å². The molecule has 0 fully saturated rings. The fourth-order valence-corrected chi connectivity index (χ4v) is 2.38. The number of aryl methyl sites for hydroxylation is 2. The van der Waals surface area contributed by atoms with Gasteiger partial charge < -0.3 is 0 Å². The second-order valence-electron chi connectivity index (χ2n) is 5.48. The summed E-state index contributed by atoms with van der Waals surface area (Å²) < 4.78 is 0. The van der Waals surface area contributed by atoms with Crippen molar-refractivity contribution in [3.63, 3.8) is 0 Å². The Morgan fingerprint density at radius 1 is 1.00 bits per heavy atom. The average Bonchev–Trinajstić information content (AvgIpc) is 2.43. The van der Waals surface area contributed by atoms with Crippen molar-refractivity contribution in [3.05, 3.63) is 70.8 Å². The van der Waals surface area contributed by atoms with Gasteiger partial charge in [0.1, 0.15) is 0 Å². The smallest absolute Gasteiger partial charge is 0.0102 e. The number of rotatable bonds is 3. The van der Waals surface area contributed by atoms with Crippen LogP contribution in [0.2, 0.25) is 0 Å². The van der Waals surface area contributed by atoms with E-state index in [4.69, 9.17) is 0 Å². The highest BCUT2D eigenvalue weighted by atomic mass is 14.1. The number of fused-ring (bicyclic) bond motifs is 1. The summed E-state index contributed by atoms with van der Waals surface area (Å²) >= 11 is 0. The molecule has 0 aromatic heterocycles. The molecule has 0 radical (unpaired) electrons. The summed E-state index contributed by atoms with van der Waals surface area (Å²) in [6, 6.07) is 8.75. The van der Waals surface area contributed by atoms with Crippen molar-refractivity contribution in [3.8, 4) is 0 Å². The highest BCUT2D eigenvalue weighted by Gasteiger charge is 2.07. The van der Waals surface area contributed by atoms with Crippen LogP contribution in [0.5, 0.6) is 0 Å². The molecule has 0 amide bonds. The summed E-state index contributed by atoms with van der Waals surface area (Å²) in [4.78, 5) is 0. The lowest BCUT2D eigenvalue weighted by Crippen LogP contribution is -1.90. The highest BCUT2D eigenvalue weighted by Crippen LogP contribution is 2.30. The fraction of sp³-hybridized carbons (Fsp3) is 0.200. The first-order chi connectivity index (χ1) is 9.45. The Morgan fingerprint density at radius 2 is 1.65 bits per heavy atom. The van der Waals surface area contributed by atoms with Crippen molar-refractivity contribution >= 4 is 22.9 Å². The lowest BCUT2D eigenvalue weighted by atomic mass is 9.92. The van der Waals surface area contributed by atoms with Gasteiger partial charge in [-0.15, -0.1) is 0 Å². The van der Waals surface area contributed by atoms with Gasteiger partial charge >= 0.3 is 0 Å². The zero-order valence-corrected chi connectivity index (χ0v) is 12.9. The third kappa shape index (κ3) is 2.46. The molecule has 102 valence electrons. The van der Waals surface area contributed by atoms with Gasteiger partial charge in [-0.3, -0.25) is 0 Å². The molecule has 0 aliphatic rings. The number of hydrogen-bond donors (Lipinski definition) is 0. The molecule has 0 heteroatoms. The minimum absolute atomic E-state index is 1.10.